The molecule has 0 unspecified atom stereocenters. The molecular weight excluding hydrogens is 379 g/mol. The van der Waals surface area contributed by atoms with Crippen LogP contribution in [0.15, 0.2) is 59.0 Å². The quantitative estimate of drug-likeness (QED) is 0.504. The number of hydrogen-bond acceptors (Lipinski definition) is 5. The van der Waals surface area contributed by atoms with Crippen molar-refractivity contribution in [3.05, 3.63) is 75.9 Å². The Morgan fingerprint density at radius 2 is 1.82 bits per heavy atom. The molecule has 142 valence electrons. The van der Waals surface area contributed by atoms with E-state index in [0.29, 0.717) is 28.3 Å². The first-order chi connectivity index (χ1) is 13.6. The van der Waals surface area contributed by atoms with Gasteiger partial charge in [0.2, 0.25) is 0 Å². The van der Waals surface area contributed by atoms with Gasteiger partial charge < -0.3 is 9.47 Å². The lowest BCUT2D eigenvalue weighted by molar-refractivity contribution is 0.355. The van der Waals surface area contributed by atoms with E-state index in [9.17, 15) is 9.18 Å². The highest BCUT2D eigenvalue weighted by Gasteiger charge is 2.14. The van der Waals surface area contributed by atoms with Crippen molar-refractivity contribution >= 4 is 21.6 Å². The Hall–Kier alpha value is -3.19. The second kappa shape index (κ2) is 7.44. The first-order valence-electron chi connectivity index (χ1n) is 8.54. The zero-order valence-electron chi connectivity index (χ0n) is 15.3. The van der Waals surface area contributed by atoms with Gasteiger partial charge in [0.1, 0.15) is 10.5 Å². The van der Waals surface area contributed by atoms with E-state index in [4.69, 9.17) is 9.47 Å². The number of aromatic nitrogens is 2. The molecule has 0 N–H and O–H groups in total. The number of ether oxygens (including phenoxy) is 2. The molecule has 5 nitrogen and oxygen atoms in total. The summed E-state index contributed by atoms with van der Waals surface area (Å²) in [6.45, 7) is 0.339. The second-order valence-electron chi connectivity index (χ2n) is 6.20. The summed E-state index contributed by atoms with van der Waals surface area (Å²) in [5.74, 6) is 0.951. The molecule has 0 amide bonds. The minimum atomic E-state index is -0.303. The lowest BCUT2D eigenvalue weighted by atomic mass is 10.1. The zero-order chi connectivity index (χ0) is 19.7. The number of halogens is 1. The van der Waals surface area contributed by atoms with E-state index in [1.807, 2.05) is 23.6 Å². The molecule has 4 aromatic rings. The van der Waals surface area contributed by atoms with Gasteiger partial charge in [0.05, 0.1) is 32.6 Å². The predicted molar refractivity (Wildman–Crippen MR) is 108 cm³/mol. The van der Waals surface area contributed by atoms with Crippen LogP contribution in [0.2, 0.25) is 0 Å². The fourth-order valence-corrected chi connectivity index (χ4v) is 4.03. The molecule has 0 saturated carbocycles. The summed E-state index contributed by atoms with van der Waals surface area (Å²) in [7, 11) is 3.17. The molecule has 0 radical (unpaired) electrons. The van der Waals surface area contributed by atoms with Crippen LogP contribution in [0.3, 0.4) is 0 Å². The second-order valence-corrected chi connectivity index (χ2v) is 7.08. The molecule has 0 spiro atoms. The number of methoxy groups -OCH3 is 2. The summed E-state index contributed by atoms with van der Waals surface area (Å²) in [4.78, 5) is 17.4. The Balaban J connectivity index is 1.74. The van der Waals surface area contributed by atoms with Gasteiger partial charge in [0, 0.05) is 10.9 Å². The smallest absolute Gasteiger partial charge is 0.271 e. The van der Waals surface area contributed by atoms with Crippen molar-refractivity contribution in [2.24, 2.45) is 0 Å². The third-order valence-corrected chi connectivity index (χ3v) is 5.46. The lowest BCUT2D eigenvalue weighted by Gasteiger charge is -2.09. The zero-order valence-corrected chi connectivity index (χ0v) is 16.1. The molecule has 2 heterocycles. The molecule has 0 fully saturated rings. The van der Waals surface area contributed by atoms with E-state index in [-0.39, 0.29) is 11.4 Å². The summed E-state index contributed by atoms with van der Waals surface area (Å²) in [5.41, 5.74) is 3.13. The largest absolute Gasteiger partial charge is 0.493 e. The van der Waals surface area contributed by atoms with Crippen LogP contribution in [-0.2, 0) is 6.54 Å². The molecule has 7 heteroatoms. The van der Waals surface area contributed by atoms with E-state index in [1.54, 1.807) is 26.4 Å². The van der Waals surface area contributed by atoms with Gasteiger partial charge in [-0.15, -0.1) is 11.3 Å². The third kappa shape index (κ3) is 3.25. The number of nitrogens with zero attached hydrogens (tertiary/aromatic N) is 2. The van der Waals surface area contributed by atoms with Crippen LogP contribution in [0.4, 0.5) is 4.39 Å². The van der Waals surface area contributed by atoms with Crippen molar-refractivity contribution in [1.29, 1.82) is 0 Å². The highest BCUT2D eigenvalue weighted by atomic mass is 32.1. The van der Waals surface area contributed by atoms with Crippen LogP contribution in [0.25, 0.3) is 21.3 Å². The molecule has 0 aliphatic carbocycles. The maximum absolute atomic E-state index is 13.1. The van der Waals surface area contributed by atoms with Crippen LogP contribution in [0, 0.1) is 5.82 Å². The Bertz CT molecular complexity index is 1200. The number of thiophene rings is 1. The van der Waals surface area contributed by atoms with Crippen LogP contribution in [0.5, 0.6) is 11.5 Å². The van der Waals surface area contributed by atoms with Gasteiger partial charge in [-0.3, -0.25) is 9.36 Å². The maximum atomic E-state index is 13.1. The lowest BCUT2D eigenvalue weighted by Crippen LogP contribution is -2.20. The number of fused-ring (bicyclic) bond motifs is 1. The standard InChI is InChI=1S/C21H17FN2O3S/c1-26-17-8-5-14(9-18(17)27-2)16-11-28-20-19(16)23-12-24(21(20)25)10-13-3-6-15(22)7-4-13/h3-9,11-12H,10H2,1-2H3. The summed E-state index contributed by atoms with van der Waals surface area (Å²) < 4.78 is 25.8. The fraction of sp³-hybridized carbons (Fsp3) is 0.143. The molecule has 0 saturated heterocycles. The summed E-state index contributed by atoms with van der Waals surface area (Å²) >= 11 is 1.36. The van der Waals surface area contributed by atoms with Gasteiger partial charge in [-0.25, -0.2) is 9.37 Å². The number of hydrogen-bond donors (Lipinski definition) is 0. The van der Waals surface area contributed by atoms with E-state index in [2.05, 4.69) is 4.98 Å². The van der Waals surface area contributed by atoms with Crippen LogP contribution in [-0.4, -0.2) is 23.8 Å². The molecule has 0 aliphatic heterocycles. The molecular formula is C21H17FN2O3S. The van der Waals surface area contributed by atoms with Crippen molar-refractivity contribution in [3.8, 4) is 22.6 Å². The SMILES string of the molecule is COc1ccc(-c2csc3c(=O)n(Cc4ccc(F)cc4)cnc23)cc1OC. The van der Waals surface area contributed by atoms with E-state index < -0.39 is 0 Å². The van der Waals surface area contributed by atoms with Crippen LogP contribution < -0.4 is 15.0 Å². The minimum absolute atomic E-state index is 0.119. The van der Waals surface area contributed by atoms with Gasteiger partial charge in [0.25, 0.3) is 5.56 Å². The summed E-state index contributed by atoms with van der Waals surface area (Å²) in [6, 6.07) is 11.7. The van der Waals surface area contributed by atoms with Gasteiger partial charge in [0.15, 0.2) is 11.5 Å². The van der Waals surface area contributed by atoms with Gasteiger partial charge in [-0.2, -0.15) is 0 Å². The molecule has 2 aromatic heterocycles. The van der Waals surface area contributed by atoms with E-state index in [0.717, 1.165) is 16.7 Å². The van der Waals surface area contributed by atoms with E-state index >= 15 is 0 Å². The Labute approximate surface area is 164 Å². The fourth-order valence-electron chi connectivity index (χ4n) is 3.05. The van der Waals surface area contributed by atoms with Crippen molar-refractivity contribution < 1.29 is 13.9 Å². The first-order valence-corrected chi connectivity index (χ1v) is 9.42. The third-order valence-electron chi connectivity index (χ3n) is 4.51. The van der Waals surface area contributed by atoms with Gasteiger partial charge in [-0.05, 0) is 35.4 Å². The Morgan fingerprint density at radius 3 is 2.54 bits per heavy atom. The van der Waals surface area contributed by atoms with Crippen molar-refractivity contribution in [1.82, 2.24) is 9.55 Å². The first kappa shape index (κ1) is 18.2. The highest BCUT2D eigenvalue weighted by molar-refractivity contribution is 7.17. The predicted octanol–water partition coefficient (Wildman–Crippen LogP) is 4.33. The average molecular weight is 396 g/mol. The number of benzene rings is 2. The molecule has 4 rings (SSSR count). The number of rotatable bonds is 5. The monoisotopic (exact) mass is 396 g/mol. The average Bonchev–Trinajstić information content (AvgIpc) is 3.16. The molecule has 0 aliphatic rings. The minimum Gasteiger partial charge on any atom is -0.493 e. The van der Waals surface area contributed by atoms with Crippen molar-refractivity contribution in [2.75, 3.05) is 14.2 Å². The molecule has 0 atom stereocenters. The van der Waals surface area contributed by atoms with Crippen LogP contribution >= 0.6 is 11.3 Å². The normalized spacial score (nSPS) is 11.0. The van der Waals surface area contributed by atoms with Crippen LogP contribution in [0.1, 0.15) is 5.56 Å². The molecule has 2 aromatic carbocycles. The van der Waals surface area contributed by atoms with Crippen molar-refractivity contribution in [2.45, 2.75) is 6.54 Å². The summed E-state index contributed by atoms with van der Waals surface area (Å²) in [5, 5.41) is 1.92. The van der Waals surface area contributed by atoms with Crippen molar-refractivity contribution in [3.63, 3.8) is 0 Å². The Morgan fingerprint density at radius 1 is 1.07 bits per heavy atom. The topological polar surface area (TPSA) is 53.4 Å². The Kier molecular flexibility index (Phi) is 4.83. The highest BCUT2D eigenvalue weighted by Crippen LogP contribution is 2.36. The molecule has 28 heavy (non-hydrogen) atoms. The summed E-state index contributed by atoms with van der Waals surface area (Å²) in [6.07, 6.45) is 1.53. The van der Waals surface area contributed by atoms with Gasteiger partial charge >= 0.3 is 0 Å². The maximum Gasteiger partial charge on any atom is 0.271 e. The van der Waals surface area contributed by atoms with E-state index in [1.165, 1.54) is 34.4 Å². The van der Waals surface area contributed by atoms with Gasteiger partial charge in [-0.1, -0.05) is 18.2 Å². The molecule has 0 bridgehead atoms.